The number of nitrogens with zero attached hydrogens (tertiary/aromatic N) is 3. The fourth-order valence-corrected chi connectivity index (χ4v) is 2.58. The fraction of sp³-hybridized carbons (Fsp3) is 0.474. The molecular weight excluding hydrogens is 384 g/mol. The maximum Gasteiger partial charge on any atom is 0.387 e. The Morgan fingerprint density at radius 1 is 1.34 bits per heavy atom. The van der Waals surface area contributed by atoms with E-state index in [9.17, 15) is 13.9 Å². The third kappa shape index (κ3) is 6.60. The largest absolute Gasteiger partial charge is 0.493 e. The van der Waals surface area contributed by atoms with E-state index in [4.69, 9.17) is 4.74 Å². The molecule has 1 heterocycles. The summed E-state index contributed by atoms with van der Waals surface area (Å²) in [7, 11) is 3.16. The van der Waals surface area contributed by atoms with Crippen molar-refractivity contribution < 1.29 is 23.4 Å². The lowest BCUT2D eigenvalue weighted by Gasteiger charge is -2.23. The monoisotopic (exact) mass is 411 g/mol. The fourth-order valence-electron chi connectivity index (χ4n) is 2.58. The first-order valence-corrected chi connectivity index (χ1v) is 9.10. The van der Waals surface area contributed by atoms with Gasteiger partial charge in [-0.2, -0.15) is 13.9 Å². The van der Waals surface area contributed by atoms with Crippen LogP contribution in [0.3, 0.4) is 0 Å². The van der Waals surface area contributed by atoms with E-state index in [1.165, 1.54) is 13.2 Å². The lowest BCUT2D eigenvalue weighted by Crippen LogP contribution is -2.44. The minimum absolute atomic E-state index is 0.0485. The van der Waals surface area contributed by atoms with Crippen LogP contribution in [0.15, 0.2) is 35.6 Å². The molecule has 10 heteroatoms. The van der Waals surface area contributed by atoms with E-state index in [1.807, 2.05) is 6.92 Å². The van der Waals surface area contributed by atoms with Crippen molar-refractivity contribution in [2.75, 3.05) is 20.2 Å². The van der Waals surface area contributed by atoms with Gasteiger partial charge in [0.15, 0.2) is 17.5 Å². The highest BCUT2D eigenvalue weighted by atomic mass is 19.3. The van der Waals surface area contributed by atoms with Gasteiger partial charge in [0.2, 0.25) is 0 Å². The van der Waals surface area contributed by atoms with Gasteiger partial charge >= 0.3 is 6.61 Å². The molecule has 0 aliphatic carbocycles. The van der Waals surface area contributed by atoms with Crippen molar-refractivity contribution in [3.63, 3.8) is 0 Å². The number of guanidine groups is 1. The number of halogens is 2. The second kappa shape index (κ2) is 10.1. The molecule has 0 bridgehead atoms. The summed E-state index contributed by atoms with van der Waals surface area (Å²) in [5.41, 5.74) is 0.188. The molecule has 0 radical (unpaired) electrons. The van der Waals surface area contributed by atoms with Gasteiger partial charge in [0.25, 0.3) is 0 Å². The maximum absolute atomic E-state index is 12.6. The molecule has 160 valence electrons. The molecule has 0 aliphatic heterocycles. The van der Waals surface area contributed by atoms with Crippen LogP contribution in [-0.2, 0) is 19.2 Å². The molecule has 0 saturated carbocycles. The average molecular weight is 411 g/mol. The quantitative estimate of drug-likeness (QED) is 0.432. The van der Waals surface area contributed by atoms with Crippen molar-refractivity contribution in [1.82, 2.24) is 20.4 Å². The average Bonchev–Trinajstić information content (AvgIpc) is 3.11. The number of aliphatic hydroxyl groups is 1. The highest BCUT2D eigenvalue weighted by Crippen LogP contribution is 2.29. The van der Waals surface area contributed by atoms with Crippen molar-refractivity contribution in [3.05, 3.63) is 41.7 Å². The highest BCUT2D eigenvalue weighted by Gasteiger charge is 2.25. The summed E-state index contributed by atoms with van der Waals surface area (Å²) in [5.74, 6) is 0.645. The topological polar surface area (TPSA) is 92.9 Å². The third-order valence-corrected chi connectivity index (χ3v) is 4.13. The first-order chi connectivity index (χ1) is 13.7. The molecule has 0 aliphatic rings. The SMILES string of the molecule is CCNC(=NCc1ccc(OC)c(OC(F)F)c1)NCC(C)(O)c1cnn(C)c1. The minimum Gasteiger partial charge on any atom is -0.493 e. The summed E-state index contributed by atoms with van der Waals surface area (Å²) in [6.07, 6.45) is 3.35. The summed E-state index contributed by atoms with van der Waals surface area (Å²) < 4.78 is 36.3. The standard InChI is InChI=1S/C19H27F2N5O3/c1-5-22-18(24-12-19(2,27)14-10-25-26(3)11-14)23-9-13-6-7-15(28-4)16(8-13)29-17(20)21/h6-8,10-11,17,27H,5,9,12H2,1-4H3,(H2,22,23,24). The number of alkyl halides is 2. The van der Waals surface area contributed by atoms with Crippen LogP contribution >= 0.6 is 0 Å². The number of hydrogen-bond donors (Lipinski definition) is 3. The molecule has 1 aromatic carbocycles. The number of rotatable bonds is 9. The molecule has 3 N–H and O–H groups in total. The van der Waals surface area contributed by atoms with E-state index in [-0.39, 0.29) is 24.6 Å². The van der Waals surface area contributed by atoms with Gasteiger partial charge in [0.05, 0.1) is 26.4 Å². The van der Waals surface area contributed by atoms with E-state index >= 15 is 0 Å². The van der Waals surface area contributed by atoms with Gasteiger partial charge in [-0.25, -0.2) is 4.99 Å². The lowest BCUT2D eigenvalue weighted by molar-refractivity contribution is -0.0512. The lowest BCUT2D eigenvalue weighted by atomic mass is 10.00. The Morgan fingerprint density at radius 2 is 2.10 bits per heavy atom. The molecule has 8 nitrogen and oxygen atoms in total. The second-order valence-corrected chi connectivity index (χ2v) is 6.59. The van der Waals surface area contributed by atoms with Crippen molar-refractivity contribution in [2.45, 2.75) is 32.6 Å². The van der Waals surface area contributed by atoms with E-state index in [1.54, 1.807) is 43.2 Å². The number of methoxy groups -OCH3 is 1. The van der Waals surface area contributed by atoms with Crippen molar-refractivity contribution in [1.29, 1.82) is 0 Å². The Bertz CT molecular complexity index is 824. The normalized spacial score (nSPS) is 13.9. The van der Waals surface area contributed by atoms with Crippen molar-refractivity contribution in [2.24, 2.45) is 12.0 Å². The predicted octanol–water partition coefficient (Wildman–Crippen LogP) is 1.99. The number of aromatic nitrogens is 2. The Labute approximate surface area is 168 Å². The summed E-state index contributed by atoms with van der Waals surface area (Å²) in [4.78, 5) is 4.44. The summed E-state index contributed by atoms with van der Waals surface area (Å²) in [6, 6.07) is 4.73. The Balaban J connectivity index is 2.08. The van der Waals surface area contributed by atoms with Crippen LogP contribution in [0, 0.1) is 0 Å². The first kappa shape index (κ1) is 22.4. The molecular formula is C19H27F2N5O3. The van der Waals surface area contributed by atoms with Crippen molar-refractivity contribution >= 4 is 5.96 Å². The minimum atomic E-state index is -2.95. The second-order valence-electron chi connectivity index (χ2n) is 6.59. The van der Waals surface area contributed by atoms with Gasteiger partial charge in [-0.05, 0) is 31.5 Å². The van der Waals surface area contributed by atoms with Crippen LogP contribution in [-0.4, -0.2) is 47.7 Å². The van der Waals surface area contributed by atoms with Gasteiger partial charge < -0.3 is 25.2 Å². The highest BCUT2D eigenvalue weighted by molar-refractivity contribution is 5.79. The molecule has 1 unspecified atom stereocenters. The predicted molar refractivity (Wildman–Crippen MR) is 105 cm³/mol. The zero-order chi connectivity index (χ0) is 21.4. The molecule has 0 fully saturated rings. The Kier molecular flexibility index (Phi) is 7.77. The van der Waals surface area contributed by atoms with Crippen molar-refractivity contribution in [3.8, 4) is 11.5 Å². The molecule has 0 amide bonds. The van der Waals surface area contributed by atoms with Gasteiger partial charge in [-0.3, -0.25) is 4.68 Å². The molecule has 2 aromatic rings. The van der Waals surface area contributed by atoms with Gasteiger partial charge in [-0.1, -0.05) is 6.07 Å². The van der Waals surface area contributed by atoms with Crippen LogP contribution in [0.2, 0.25) is 0 Å². The third-order valence-electron chi connectivity index (χ3n) is 4.13. The van der Waals surface area contributed by atoms with Gasteiger partial charge in [-0.15, -0.1) is 0 Å². The zero-order valence-corrected chi connectivity index (χ0v) is 16.9. The molecule has 0 spiro atoms. The van der Waals surface area contributed by atoms with E-state index in [0.29, 0.717) is 23.6 Å². The number of aryl methyl sites for hydroxylation is 1. The number of aliphatic imine (C=N–C) groups is 1. The van der Waals surface area contributed by atoms with Crippen LogP contribution < -0.4 is 20.1 Å². The molecule has 29 heavy (non-hydrogen) atoms. The Morgan fingerprint density at radius 3 is 2.69 bits per heavy atom. The van der Waals surface area contributed by atoms with Gasteiger partial charge in [0.1, 0.15) is 5.60 Å². The van der Waals surface area contributed by atoms with Crippen LogP contribution in [0.5, 0.6) is 11.5 Å². The smallest absolute Gasteiger partial charge is 0.387 e. The van der Waals surface area contributed by atoms with Crippen LogP contribution in [0.25, 0.3) is 0 Å². The van der Waals surface area contributed by atoms with E-state index < -0.39 is 12.2 Å². The number of ether oxygens (including phenoxy) is 2. The number of hydrogen-bond acceptors (Lipinski definition) is 5. The summed E-state index contributed by atoms with van der Waals surface area (Å²) >= 11 is 0. The molecule has 1 atom stereocenters. The van der Waals surface area contributed by atoms with Gasteiger partial charge in [0, 0.05) is 25.4 Å². The molecule has 2 rings (SSSR count). The molecule has 1 aromatic heterocycles. The number of benzene rings is 1. The Hall–Kier alpha value is -2.88. The van der Waals surface area contributed by atoms with Crippen LogP contribution in [0.4, 0.5) is 8.78 Å². The maximum atomic E-state index is 12.6. The zero-order valence-electron chi connectivity index (χ0n) is 16.9. The first-order valence-electron chi connectivity index (χ1n) is 9.10. The number of nitrogens with one attached hydrogen (secondary N) is 2. The van der Waals surface area contributed by atoms with E-state index in [0.717, 1.165) is 0 Å². The summed E-state index contributed by atoms with van der Waals surface area (Å²) in [5, 5.41) is 20.9. The molecule has 0 saturated heterocycles. The summed E-state index contributed by atoms with van der Waals surface area (Å²) in [6.45, 7) is 1.68. The van der Waals surface area contributed by atoms with E-state index in [2.05, 4.69) is 25.5 Å². The van der Waals surface area contributed by atoms with Crippen LogP contribution in [0.1, 0.15) is 25.0 Å².